The van der Waals surface area contributed by atoms with Gasteiger partial charge in [-0.05, 0) is 37.8 Å². The number of hydrogen-bond donors (Lipinski definition) is 8. The van der Waals surface area contributed by atoms with Gasteiger partial charge in [-0.3, -0.25) is 24.0 Å². The van der Waals surface area contributed by atoms with E-state index in [1.54, 1.807) is 30.3 Å². The summed E-state index contributed by atoms with van der Waals surface area (Å²) in [7, 11) is 0. The van der Waals surface area contributed by atoms with Gasteiger partial charge in [-0.1, -0.05) is 30.3 Å². The molecule has 14 nitrogen and oxygen atoms in total. The molecular weight excluding hydrogens is 500 g/mol. The summed E-state index contributed by atoms with van der Waals surface area (Å²) >= 11 is 0. The first-order chi connectivity index (χ1) is 17.9. The highest BCUT2D eigenvalue weighted by atomic mass is 16.4. The lowest BCUT2D eigenvalue weighted by Gasteiger charge is -2.25. The molecular formula is C24H36N6O8. The van der Waals surface area contributed by atoms with Gasteiger partial charge in [0.15, 0.2) is 0 Å². The van der Waals surface area contributed by atoms with Crippen LogP contribution >= 0.6 is 0 Å². The fraction of sp³-hybridized carbons (Fsp3) is 0.500. The molecule has 1 aromatic carbocycles. The van der Waals surface area contributed by atoms with Crippen molar-refractivity contribution in [1.82, 2.24) is 16.0 Å². The quantitative estimate of drug-likeness (QED) is 0.0953. The average molecular weight is 537 g/mol. The van der Waals surface area contributed by atoms with Gasteiger partial charge in [-0.25, -0.2) is 4.79 Å². The number of carbonyl (C=O) groups excluding carboxylic acids is 4. The Morgan fingerprint density at radius 1 is 0.789 bits per heavy atom. The van der Waals surface area contributed by atoms with Crippen molar-refractivity contribution in [3.63, 3.8) is 0 Å². The van der Waals surface area contributed by atoms with Crippen LogP contribution in [0.4, 0.5) is 0 Å². The first kappa shape index (κ1) is 32.0. The largest absolute Gasteiger partial charge is 0.481 e. The molecule has 11 N–H and O–H groups in total. The Hall–Kier alpha value is -4.04. The number of amides is 4. The van der Waals surface area contributed by atoms with Crippen LogP contribution < -0.4 is 33.2 Å². The van der Waals surface area contributed by atoms with Crippen LogP contribution in [0.25, 0.3) is 0 Å². The molecule has 1 rings (SSSR count). The molecule has 0 aliphatic heterocycles. The maximum absolute atomic E-state index is 13.0. The van der Waals surface area contributed by atoms with E-state index in [9.17, 15) is 33.9 Å². The molecule has 0 saturated heterocycles. The predicted octanol–water partition coefficient (Wildman–Crippen LogP) is -2.04. The lowest BCUT2D eigenvalue weighted by molar-refractivity contribution is -0.142. The summed E-state index contributed by atoms with van der Waals surface area (Å²) in [6.45, 7) is 0.325. The molecule has 0 spiro atoms. The highest BCUT2D eigenvalue weighted by Crippen LogP contribution is 2.07. The molecule has 4 unspecified atom stereocenters. The minimum atomic E-state index is -1.52. The zero-order valence-electron chi connectivity index (χ0n) is 20.9. The summed E-state index contributed by atoms with van der Waals surface area (Å²) in [5.41, 5.74) is 17.1. The number of primary amides is 1. The Morgan fingerprint density at radius 2 is 1.37 bits per heavy atom. The number of benzene rings is 1. The Kier molecular flexibility index (Phi) is 14.0. The standard InChI is InChI=1S/C24H36N6O8/c25-11-5-4-8-16(28-21(34)15(26)9-10-20(32)33)22(35)29-17(13-19(27)31)23(36)30-18(24(37)38)12-14-6-2-1-3-7-14/h1-3,6-7,15-18H,4-5,8-13,25-26H2,(H2,27,31)(H,28,34)(H,29,35)(H,30,36)(H,32,33)(H,37,38). The molecule has 0 aromatic heterocycles. The predicted molar refractivity (Wildman–Crippen MR) is 135 cm³/mol. The molecule has 0 fully saturated rings. The molecule has 0 aliphatic rings. The Labute approximate surface area is 219 Å². The molecule has 0 heterocycles. The molecule has 0 saturated carbocycles. The second-order valence-electron chi connectivity index (χ2n) is 8.71. The number of rotatable bonds is 18. The van der Waals surface area contributed by atoms with Gasteiger partial charge in [-0.2, -0.15) is 0 Å². The molecule has 1 aromatic rings. The lowest BCUT2D eigenvalue weighted by Crippen LogP contribution is -2.58. The molecule has 210 valence electrons. The van der Waals surface area contributed by atoms with Crippen LogP contribution in [-0.2, 0) is 35.2 Å². The summed E-state index contributed by atoms with van der Waals surface area (Å²) in [4.78, 5) is 72.5. The maximum Gasteiger partial charge on any atom is 0.326 e. The van der Waals surface area contributed by atoms with Gasteiger partial charge in [-0.15, -0.1) is 0 Å². The van der Waals surface area contributed by atoms with Crippen LogP contribution in [0, 0.1) is 0 Å². The topological polar surface area (TPSA) is 257 Å². The van der Waals surface area contributed by atoms with Crippen molar-refractivity contribution in [2.75, 3.05) is 6.54 Å². The zero-order valence-corrected chi connectivity index (χ0v) is 20.9. The maximum atomic E-state index is 13.0. The molecule has 38 heavy (non-hydrogen) atoms. The van der Waals surface area contributed by atoms with E-state index in [0.717, 1.165) is 0 Å². The molecule has 0 radical (unpaired) electrons. The first-order valence-electron chi connectivity index (χ1n) is 12.1. The van der Waals surface area contributed by atoms with E-state index in [1.807, 2.05) is 0 Å². The fourth-order valence-corrected chi connectivity index (χ4v) is 3.46. The van der Waals surface area contributed by atoms with Crippen molar-refractivity contribution in [2.45, 2.75) is 69.1 Å². The summed E-state index contributed by atoms with van der Waals surface area (Å²) in [5.74, 6) is -5.96. The third kappa shape index (κ3) is 12.3. The Balaban J connectivity index is 2.99. The average Bonchev–Trinajstić information content (AvgIpc) is 2.85. The SMILES string of the molecule is NCCCCC(NC(=O)C(N)CCC(=O)O)C(=O)NC(CC(N)=O)C(=O)NC(Cc1ccccc1)C(=O)O. The van der Waals surface area contributed by atoms with Crippen LogP contribution in [0.15, 0.2) is 30.3 Å². The number of nitrogens with two attached hydrogens (primary N) is 3. The van der Waals surface area contributed by atoms with Gasteiger partial charge in [0.25, 0.3) is 0 Å². The van der Waals surface area contributed by atoms with Crippen LogP contribution in [-0.4, -0.2) is 76.5 Å². The second kappa shape index (κ2) is 16.7. The molecule has 0 aliphatic carbocycles. The number of aliphatic carboxylic acids is 2. The van der Waals surface area contributed by atoms with Crippen molar-refractivity contribution >= 4 is 35.6 Å². The first-order valence-corrected chi connectivity index (χ1v) is 12.1. The van der Waals surface area contributed by atoms with Crippen molar-refractivity contribution in [3.05, 3.63) is 35.9 Å². The summed E-state index contributed by atoms with van der Waals surface area (Å²) in [6.07, 6.45) is -0.144. The van der Waals surface area contributed by atoms with Gasteiger partial charge in [0.1, 0.15) is 18.1 Å². The van der Waals surface area contributed by atoms with Gasteiger partial charge in [0, 0.05) is 12.8 Å². The Morgan fingerprint density at radius 3 is 1.92 bits per heavy atom. The molecule has 0 bridgehead atoms. The minimum Gasteiger partial charge on any atom is -0.481 e. The van der Waals surface area contributed by atoms with Crippen LogP contribution in [0.5, 0.6) is 0 Å². The van der Waals surface area contributed by atoms with E-state index in [-0.39, 0.29) is 25.7 Å². The normalized spacial score (nSPS) is 13.8. The van der Waals surface area contributed by atoms with E-state index in [4.69, 9.17) is 22.3 Å². The van der Waals surface area contributed by atoms with Crippen LogP contribution in [0.3, 0.4) is 0 Å². The minimum absolute atomic E-state index is 0.0504. The number of hydrogen-bond acceptors (Lipinski definition) is 8. The smallest absolute Gasteiger partial charge is 0.326 e. The summed E-state index contributed by atoms with van der Waals surface area (Å²) < 4.78 is 0. The Bertz CT molecular complexity index is 974. The number of carbonyl (C=O) groups is 6. The summed E-state index contributed by atoms with van der Waals surface area (Å²) in [6, 6.07) is 3.26. The van der Waals surface area contributed by atoms with Gasteiger partial charge in [0.05, 0.1) is 12.5 Å². The lowest BCUT2D eigenvalue weighted by atomic mass is 10.0. The number of nitrogens with one attached hydrogen (secondary N) is 3. The highest BCUT2D eigenvalue weighted by Gasteiger charge is 2.31. The van der Waals surface area contributed by atoms with Crippen LogP contribution in [0.2, 0.25) is 0 Å². The van der Waals surface area contributed by atoms with Crippen molar-refractivity contribution < 1.29 is 39.0 Å². The van der Waals surface area contributed by atoms with E-state index in [1.165, 1.54) is 0 Å². The number of carboxylic acid groups (broad SMARTS) is 2. The van der Waals surface area contributed by atoms with Crippen molar-refractivity contribution in [1.29, 1.82) is 0 Å². The number of carboxylic acids is 2. The highest BCUT2D eigenvalue weighted by molar-refractivity contribution is 5.96. The van der Waals surface area contributed by atoms with E-state index >= 15 is 0 Å². The third-order valence-electron chi connectivity index (χ3n) is 5.52. The van der Waals surface area contributed by atoms with Crippen LogP contribution in [0.1, 0.15) is 44.1 Å². The zero-order chi connectivity index (χ0) is 28.7. The van der Waals surface area contributed by atoms with E-state index in [2.05, 4.69) is 16.0 Å². The van der Waals surface area contributed by atoms with E-state index < -0.39 is 66.2 Å². The second-order valence-corrected chi connectivity index (χ2v) is 8.71. The molecule has 4 atom stereocenters. The van der Waals surface area contributed by atoms with E-state index in [0.29, 0.717) is 24.9 Å². The molecule has 14 heteroatoms. The van der Waals surface area contributed by atoms with Gasteiger partial charge >= 0.3 is 11.9 Å². The molecule has 4 amide bonds. The van der Waals surface area contributed by atoms with Gasteiger partial charge < -0.3 is 43.4 Å². The fourth-order valence-electron chi connectivity index (χ4n) is 3.46. The van der Waals surface area contributed by atoms with Gasteiger partial charge in [0.2, 0.25) is 23.6 Å². The third-order valence-corrected chi connectivity index (χ3v) is 5.52. The number of unbranched alkanes of at least 4 members (excludes halogenated alkanes) is 1. The summed E-state index contributed by atoms with van der Waals surface area (Å²) in [5, 5.41) is 25.5. The van der Waals surface area contributed by atoms with Crippen molar-refractivity contribution in [3.8, 4) is 0 Å². The monoisotopic (exact) mass is 536 g/mol. The van der Waals surface area contributed by atoms with Crippen molar-refractivity contribution in [2.24, 2.45) is 17.2 Å².